The lowest BCUT2D eigenvalue weighted by Gasteiger charge is -2.05. The van der Waals surface area contributed by atoms with E-state index in [4.69, 9.17) is 12.2 Å². The average molecular weight is 269 g/mol. The number of pyridine rings is 1. The van der Waals surface area contributed by atoms with Gasteiger partial charge in [-0.15, -0.1) is 0 Å². The SMILES string of the molecule is CCC1CC1n1c(=S)[nH]c2cnc3ccccc3c21. The van der Waals surface area contributed by atoms with E-state index < -0.39 is 0 Å². The summed E-state index contributed by atoms with van der Waals surface area (Å²) in [6.07, 6.45) is 4.36. The predicted molar refractivity (Wildman–Crippen MR) is 79.9 cm³/mol. The number of aromatic amines is 1. The van der Waals surface area contributed by atoms with Gasteiger partial charge in [0.05, 0.1) is 22.7 Å². The van der Waals surface area contributed by atoms with Gasteiger partial charge in [-0.3, -0.25) is 4.98 Å². The second-order valence-electron chi connectivity index (χ2n) is 5.31. The van der Waals surface area contributed by atoms with Gasteiger partial charge < -0.3 is 9.55 Å². The maximum absolute atomic E-state index is 5.51. The molecule has 4 heteroatoms. The van der Waals surface area contributed by atoms with Crippen molar-refractivity contribution in [1.82, 2.24) is 14.5 Å². The van der Waals surface area contributed by atoms with Crippen LogP contribution in [-0.4, -0.2) is 14.5 Å². The highest BCUT2D eigenvalue weighted by Crippen LogP contribution is 2.47. The van der Waals surface area contributed by atoms with Gasteiger partial charge in [-0.1, -0.05) is 31.5 Å². The lowest BCUT2D eigenvalue weighted by atomic mass is 10.2. The molecule has 2 atom stereocenters. The van der Waals surface area contributed by atoms with Crippen molar-refractivity contribution in [3.05, 3.63) is 35.2 Å². The third kappa shape index (κ3) is 1.56. The van der Waals surface area contributed by atoms with Crippen LogP contribution >= 0.6 is 12.2 Å². The number of nitrogens with zero attached hydrogens (tertiary/aromatic N) is 2. The van der Waals surface area contributed by atoms with Gasteiger partial charge in [0.1, 0.15) is 0 Å². The van der Waals surface area contributed by atoms with E-state index in [9.17, 15) is 0 Å². The minimum absolute atomic E-state index is 0.567. The second-order valence-corrected chi connectivity index (χ2v) is 5.70. The first-order valence-electron chi connectivity index (χ1n) is 6.77. The Morgan fingerprint density at radius 3 is 3.05 bits per heavy atom. The number of nitrogens with one attached hydrogen (secondary N) is 1. The molecule has 1 fully saturated rings. The van der Waals surface area contributed by atoms with Gasteiger partial charge in [0, 0.05) is 11.4 Å². The first kappa shape index (κ1) is 11.2. The van der Waals surface area contributed by atoms with Crippen LogP contribution in [0, 0.1) is 10.7 Å². The molecule has 19 heavy (non-hydrogen) atoms. The number of aromatic nitrogens is 3. The smallest absolute Gasteiger partial charge is 0.178 e. The minimum atomic E-state index is 0.567. The van der Waals surface area contributed by atoms with Gasteiger partial charge in [0.25, 0.3) is 0 Å². The number of rotatable bonds is 2. The van der Waals surface area contributed by atoms with Crippen molar-refractivity contribution in [2.24, 2.45) is 5.92 Å². The molecule has 2 heterocycles. The average Bonchev–Trinajstić information content (AvgIpc) is 3.13. The molecule has 0 amide bonds. The van der Waals surface area contributed by atoms with Crippen LogP contribution in [-0.2, 0) is 0 Å². The predicted octanol–water partition coefficient (Wildman–Crippen LogP) is 4.22. The summed E-state index contributed by atoms with van der Waals surface area (Å²) in [5.41, 5.74) is 3.30. The van der Waals surface area contributed by atoms with Gasteiger partial charge in [-0.2, -0.15) is 0 Å². The topological polar surface area (TPSA) is 33.6 Å². The van der Waals surface area contributed by atoms with Crippen LogP contribution in [0.3, 0.4) is 0 Å². The monoisotopic (exact) mass is 269 g/mol. The molecular weight excluding hydrogens is 254 g/mol. The summed E-state index contributed by atoms with van der Waals surface area (Å²) in [4.78, 5) is 7.79. The number of para-hydroxylation sites is 1. The molecule has 0 aliphatic heterocycles. The Hall–Kier alpha value is -1.68. The highest BCUT2D eigenvalue weighted by molar-refractivity contribution is 7.71. The molecule has 1 saturated carbocycles. The zero-order valence-corrected chi connectivity index (χ0v) is 11.6. The van der Waals surface area contributed by atoms with Crippen molar-refractivity contribution < 1.29 is 0 Å². The van der Waals surface area contributed by atoms with Gasteiger partial charge >= 0.3 is 0 Å². The molecule has 1 aliphatic rings. The molecule has 0 bridgehead atoms. The fraction of sp³-hybridized carbons (Fsp3) is 0.333. The Balaban J connectivity index is 2.09. The van der Waals surface area contributed by atoms with Crippen LogP contribution < -0.4 is 0 Å². The highest BCUT2D eigenvalue weighted by Gasteiger charge is 2.38. The number of imidazole rings is 1. The van der Waals surface area contributed by atoms with Crippen molar-refractivity contribution in [3.63, 3.8) is 0 Å². The molecule has 1 N–H and O–H groups in total. The third-order valence-corrected chi connectivity index (χ3v) is 4.49. The van der Waals surface area contributed by atoms with E-state index in [0.717, 1.165) is 21.7 Å². The number of hydrogen-bond acceptors (Lipinski definition) is 2. The Morgan fingerprint density at radius 1 is 1.42 bits per heavy atom. The van der Waals surface area contributed by atoms with E-state index in [0.29, 0.717) is 6.04 Å². The fourth-order valence-electron chi connectivity index (χ4n) is 3.06. The van der Waals surface area contributed by atoms with Crippen LogP contribution in [0.4, 0.5) is 0 Å². The lowest BCUT2D eigenvalue weighted by Crippen LogP contribution is -1.97. The Morgan fingerprint density at radius 2 is 2.26 bits per heavy atom. The zero-order valence-electron chi connectivity index (χ0n) is 10.8. The summed E-state index contributed by atoms with van der Waals surface area (Å²) in [6.45, 7) is 2.25. The molecule has 3 aromatic rings. The van der Waals surface area contributed by atoms with E-state index in [2.05, 4.69) is 39.7 Å². The third-order valence-electron chi connectivity index (χ3n) is 4.19. The molecule has 2 unspecified atom stereocenters. The standard InChI is InChI=1S/C15H15N3S/c1-2-9-7-13(9)18-14-10-5-3-4-6-11(10)16-8-12(14)17-15(18)19/h3-6,8-9,13H,2,7H2,1H3,(H,17,19). The molecule has 0 saturated heterocycles. The molecule has 1 aromatic carbocycles. The van der Waals surface area contributed by atoms with Crippen molar-refractivity contribution >= 4 is 34.2 Å². The zero-order chi connectivity index (χ0) is 13.0. The van der Waals surface area contributed by atoms with Crippen molar-refractivity contribution in [3.8, 4) is 0 Å². The molecule has 96 valence electrons. The normalized spacial score (nSPS) is 22.2. The number of H-pyrrole nitrogens is 1. The van der Waals surface area contributed by atoms with Crippen molar-refractivity contribution in [2.45, 2.75) is 25.8 Å². The molecule has 4 rings (SSSR count). The number of fused-ring (bicyclic) bond motifs is 3. The lowest BCUT2D eigenvalue weighted by molar-refractivity contribution is 0.649. The quantitative estimate of drug-likeness (QED) is 0.707. The summed E-state index contributed by atoms with van der Waals surface area (Å²) < 4.78 is 3.14. The highest BCUT2D eigenvalue weighted by atomic mass is 32.1. The van der Waals surface area contributed by atoms with Crippen LogP contribution in [0.1, 0.15) is 25.8 Å². The van der Waals surface area contributed by atoms with E-state index >= 15 is 0 Å². The maximum Gasteiger partial charge on any atom is 0.178 e. The number of hydrogen-bond donors (Lipinski definition) is 1. The molecule has 0 spiro atoms. The Kier molecular flexibility index (Phi) is 2.30. The van der Waals surface area contributed by atoms with Crippen molar-refractivity contribution in [1.29, 1.82) is 0 Å². The fourth-order valence-corrected chi connectivity index (χ4v) is 3.39. The van der Waals surface area contributed by atoms with Gasteiger partial charge in [-0.25, -0.2) is 0 Å². The summed E-state index contributed by atoms with van der Waals surface area (Å²) >= 11 is 5.51. The Bertz CT molecular complexity index is 830. The Labute approximate surface area is 116 Å². The number of benzene rings is 1. The first-order valence-corrected chi connectivity index (χ1v) is 7.18. The van der Waals surface area contributed by atoms with E-state index in [1.807, 2.05) is 12.3 Å². The molecule has 1 aliphatic carbocycles. The second kappa shape index (κ2) is 3.90. The largest absolute Gasteiger partial charge is 0.329 e. The summed E-state index contributed by atoms with van der Waals surface area (Å²) in [5, 5.41) is 1.19. The van der Waals surface area contributed by atoms with E-state index in [-0.39, 0.29) is 0 Å². The van der Waals surface area contributed by atoms with Gasteiger partial charge in [-0.05, 0) is 30.6 Å². The van der Waals surface area contributed by atoms with E-state index in [1.165, 1.54) is 23.7 Å². The first-order chi connectivity index (χ1) is 9.29. The van der Waals surface area contributed by atoms with Crippen LogP contribution in [0.25, 0.3) is 21.9 Å². The van der Waals surface area contributed by atoms with Gasteiger partial charge in [0.2, 0.25) is 0 Å². The summed E-state index contributed by atoms with van der Waals surface area (Å²) in [6, 6.07) is 8.84. The van der Waals surface area contributed by atoms with Crippen LogP contribution in [0.5, 0.6) is 0 Å². The van der Waals surface area contributed by atoms with Gasteiger partial charge in [0.15, 0.2) is 4.77 Å². The summed E-state index contributed by atoms with van der Waals surface area (Å²) in [5.74, 6) is 0.776. The van der Waals surface area contributed by atoms with Crippen LogP contribution in [0.2, 0.25) is 0 Å². The van der Waals surface area contributed by atoms with Crippen LogP contribution in [0.15, 0.2) is 30.5 Å². The summed E-state index contributed by atoms with van der Waals surface area (Å²) in [7, 11) is 0. The maximum atomic E-state index is 5.51. The van der Waals surface area contributed by atoms with E-state index in [1.54, 1.807) is 0 Å². The molecular formula is C15H15N3S. The minimum Gasteiger partial charge on any atom is -0.329 e. The molecule has 0 radical (unpaired) electrons. The molecule has 3 nitrogen and oxygen atoms in total. The molecule has 2 aromatic heterocycles. The van der Waals surface area contributed by atoms with Crippen molar-refractivity contribution in [2.75, 3.05) is 0 Å².